The second-order valence-electron chi connectivity index (χ2n) is 5.63. The molecule has 0 radical (unpaired) electrons. The highest BCUT2D eigenvalue weighted by Crippen LogP contribution is 2.24. The molecule has 0 aromatic heterocycles. The SMILES string of the molecule is O[C@H](COc1ccc2cc(Br)ccc2c1)CN1CCCC1. The topological polar surface area (TPSA) is 32.7 Å². The Kier molecular flexibility index (Phi) is 4.78. The van der Waals surface area contributed by atoms with Crippen LogP contribution in [0.15, 0.2) is 40.9 Å². The van der Waals surface area contributed by atoms with Crippen LogP contribution in [0.2, 0.25) is 0 Å². The second-order valence-corrected chi connectivity index (χ2v) is 6.54. The van der Waals surface area contributed by atoms with E-state index in [4.69, 9.17) is 4.74 Å². The number of β-amino-alcohol motifs (C(OH)–C–C–N with tert-alkyl or cyclic N) is 1. The lowest BCUT2D eigenvalue weighted by Gasteiger charge is -2.19. The van der Waals surface area contributed by atoms with E-state index in [0.29, 0.717) is 13.2 Å². The van der Waals surface area contributed by atoms with Crippen LogP contribution in [0.1, 0.15) is 12.8 Å². The van der Waals surface area contributed by atoms with Crippen molar-refractivity contribution in [3.63, 3.8) is 0 Å². The Morgan fingerprint density at radius 2 is 1.81 bits per heavy atom. The number of hydrogen-bond donors (Lipinski definition) is 1. The summed E-state index contributed by atoms with van der Waals surface area (Å²) in [4.78, 5) is 2.30. The Labute approximate surface area is 133 Å². The van der Waals surface area contributed by atoms with Crippen LogP contribution in [0.5, 0.6) is 5.75 Å². The van der Waals surface area contributed by atoms with Gasteiger partial charge in [-0.3, -0.25) is 0 Å². The van der Waals surface area contributed by atoms with E-state index in [1.807, 2.05) is 24.3 Å². The second kappa shape index (κ2) is 6.77. The first-order valence-corrected chi connectivity index (χ1v) is 8.22. The van der Waals surface area contributed by atoms with Crippen LogP contribution in [0, 0.1) is 0 Å². The fraction of sp³-hybridized carbons (Fsp3) is 0.412. The first kappa shape index (κ1) is 14.8. The van der Waals surface area contributed by atoms with Gasteiger partial charge in [0.2, 0.25) is 0 Å². The van der Waals surface area contributed by atoms with Gasteiger partial charge in [-0.15, -0.1) is 0 Å². The number of ether oxygens (including phenoxy) is 1. The van der Waals surface area contributed by atoms with Crippen LogP contribution in [0.25, 0.3) is 10.8 Å². The molecule has 1 atom stereocenters. The zero-order valence-corrected chi connectivity index (χ0v) is 13.6. The van der Waals surface area contributed by atoms with E-state index in [9.17, 15) is 5.11 Å². The maximum absolute atomic E-state index is 10.0. The molecule has 1 saturated heterocycles. The summed E-state index contributed by atoms with van der Waals surface area (Å²) in [6.07, 6.45) is 2.06. The molecule has 2 aromatic rings. The minimum atomic E-state index is -0.427. The Bertz CT molecular complexity index is 611. The van der Waals surface area contributed by atoms with Crippen molar-refractivity contribution in [1.82, 2.24) is 4.90 Å². The highest BCUT2D eigenvalue weighted by atomic mass is 79.9. The summed E-state index contributed by atoms with van der Waals surface area (Å²) < 4.78 is 6.80. The Morgan fingerprint density at radius 3 is 2.62 bits per heavy atom. The number of halogens is 1. The smallest absolute Gasteiger partial charge is 0.120 e. The Morgan fingerprint density at radius 1 is 1.10 bits per heavy atom. The lowest BCUT2D eigenvalue weighted by molar-refractivity contribution is 0.0759. The van der Waals surface area contributed by atoms with Gasteiger partial charge in [-0.25, -0.2) is 0 Å². The van der Waals surface area contributed by atoms with Crippen LogP contribution in [-0.2, 0) is 0 Å². The van der Waals surface area contributed by atoms with Gasteiger partial charge in [0.25, 0.3) is 0 Å². The predicted octanol–water partition coefficient (Wildman–Crippen LogP) is 3.44. The molecule has 1 heterocycles. The van der Waals surface area contributed by atoms with E-state index in [1.165, 1.54) is 18.2 Å². The highest BCUT2D eigenvalue weighted by molar-refractivity contribution is 9.10. The average Bonchev–Trinajstić information content (AvgIpc) is 2.98. The molecular weight excluding hydrogens is 330 g/mol. The van der Waals surface area contributed by atoms with E-state index < -0.39 is 6.10 Å². The molecule has 0 aliphatic carbocycles. The fourth-order valence-corrected chi connectivity index (χ4v) is 3.17. The van der Waals surface area contributed by atoms with Crippen LogP contribution in [-0.4, -0.2) is 42.4 Å². The average molecular weight is 350 g/mol. The molecule has 2 aromatic carbocycles. The van der Waals surface area contributed by atoms with Gasteiger partial charge in [-0.1, -0.05) is 28.1 Å². The van der Waals surface area contributed by atoms with Gasteiger partial charge in [0.05, 0.1) is 0 Å². The van der Waals surface area contributed by atoms with E-state index >= 15 is 0 Å². The number of aliphatic hydroxyl groups excluding tert-OH is 1. The molecule has 3 nitrogen and oxygen atoms in total. The number of hydrogen-bond acceptors (Lipinski definition) is 3. The predicted molar refractivity (Wildman–Crippen MR) is 88.8 cm³/mol. The van der Waals surface area contributed by atoms with Gasteiger partial charge < -0.3 is 14.7 Å². The molecular formula is C17H20BrNO2. The largest absolute Gasteiger partial charge is 0.491 e. The van der Waals surface area contributed by atoms with Gasteiger partial charge in [0, 0.05) is 11.0 Å². The van der Waals surface area contributed by atoms with Crippen molar-refractivity contribution >= 4 is 26.7 Å². The minimum absolute atomic E-state index is 0.346. The molecule has 4 heteroatoms. The van der Waals surface area contributed by atoms with Crippen molar-refractivity contribution in [2.45, 2.75) is 18.9 Å². The van der Waals surface area contributed by atoms with Gasteiger partial charge >= 0.3 is 0 Å². The summed E-state index contributed by atoms with van der Waals surface area (Å²) in [5.41, 5.74) is 0. The minimum Gasteiger partial charge on any atom is -0.491 e. The Hall–Kier alpha value is -1.10. The third kappa shape index (κ3) is 3.96. The molecule has 1 fully saturated rings. The van der Waals surface area contributed by atoms with Crippen LogP contribution in [0.4, 0.5) is 0 Å². The molecule has 0 amide bonds. The van der Waals surface area contributed by atoms with Gasteiger partial charge in [-0.2, -0.15) is 0 Å². The number of rotatable bonds is 5. The maximum Gasteiger partial charge on any atom is 0.120 e. The lowest BCUT2D eigenvalue weighted by atomic mass is 10.1. The zero-order valence-electron chi connectivity index (χ0n) is 12.0. The van der Waals surface area contributed by atoms with E-state index in [1.54, 1.807) is 0 Å². The van der Waals surface area contributed by atoms with E-state index in [-0.39, 0.29) is 0 Å². The summed E-state index contributed by atoms with van der Waals surface area (Å²) in [5, 5.41) is 12.4. The molecule has 1 N–H and O–H groups in total. The number of benzene rings is 2. The monoisotopic (exact) mass is 349 g/mol. The summed E-state index contributed by atoms with van der Waals surface area (Å²) >= 11 is 3.47. The van der Waals surface area contributed by atoms with Crippen molar-refractivity contribution in [1.29, 1.82) is 0 Å². The number of fused-ring (bicyclic) bond motifs is 1. The third-order valence-electron chi connectivity index (χ3n) is 3.88. The molecule has 3 rings (SSSR count). The van der Waals surface area contributed by atoms with E-state index in [0.717, 1.165) is 28.7 Å². The van der Waals surface area contributed by atoms with Gasteiger partial charge in [-0.05, 0) is 61.0 Å². The fourth-order valence-electron chi connectivity index (χ4n) is 2.79. The number of aliphatic hydroxyl groups is 1. The van der Waals surface area contributed by atoms with E-state index in [2.05, 4.69) is 33.0 Å². The standard InChI is InChI=1S/C17H20BrNO2/c18-15-5-3-14-10-17(6-4-13(14)9-15)21-12-16(20)11-19-7-1-2-8-19/h3-6,9-10,16,20H,1-2,7-8,11-12H2/t16-/m0/s1. The molecule has 0 saturated carbocycles. The van der Waals surface area contributed by atoms with Crippen LogP contribution >= 0.6 is 15.9 Å². The first-order valence-electron chi connectivity index (χ1n) is 7.43. The molecule has 0 bridgehead atoms. The van der Waals surface area contributed by atoms with Crippen molar-refractivity contribution in [3.8, 4) is 5.75 Å². The normalized spacial score (nSPS) is 17.2. The molecule has 0 spiro atoms. The van der Waals surface area contributed by atoms with Crippen molar-refractivity contribution in [3.05, 3.63) is 40.9 Å². The van der Waals surface area contributed by atoms with Gasteiger partial charge in [0.1, 0.15) is 18.5 Å². The number of likely N-dealkylation sites (tertiary alicyclic amines) is 1. The summed E-state index contributed by atoms with van der Waals surface area (Å²) in [5.74, 6) is 0.810. The van der Waals surface area contributed by atoms with Crippen LogP contribution in [0.3, 0.4) is 0 Å². The first-order chi connectivity index (χ1) is 10.2. The quantitative estimate of drug-likeness (QED) is 0.897. The molecule has 1 aliphatic rings. The van der Waals surface area contributed by atoms with Crippen LogP contribution < -0.4 is 4.74 Å². The molecule has 21 heavy (non-hydrogen) atoms. The third-order valence-corrected chi connectivity index (χ3v) is 4.38. The molecule has 1 aliphatic heterocycles. The summed E-state index contributed by atoms with van der Waals surface area (Å²) in [6, 6.07) is 12.2. The van der Waals surface area contributed by atoms with Crippen molar-refractivity contribution in [2.24, 2.45) is 0 Å². The van der Waals surface area contributed by atoms with Crippen molar-refractivity contribution < 1.29 is 9.84 Å². The Balaban J connectivity index is 1.58. The highest BCUT2D eigenvalue weighted by Gasteiger charge is 2.16. The maximum atomic E-state index is 10.0. The van der Waals surface area contributed by atoms with Crippen molar-refractivity contribution in [2.75, 3.05) is 26.2 Å². The zero-order chi connectivity index (χ0) is 14.7. The molecule has 112 valence electrons. The number of nitrogens with zero attached hydrogens (tertiary/aromatic N) is 1. The van der Waals surface area contributed by atoms with Gasteiger partial charge in [0.15, 0.2) is 0 Å². The summed E-state index contributed by atoms with van der Waals surface area (Å²) in [6.45, 7) is 3.25. The summed E-state index contributed by atoms with van der Waals surface area (Å²) in [7, 11) is 0. The lowest BCUT2D eigenvalue weighted by Crippen LogP contribution is -2.33. The molecule has 0 unspecified atom stereocenters.